The molecule has 0 N–H and O–H groups in total. The van der Waals surface area contributed by atoms with E-state index >= 15 is 0 Å². The van der Waals surface area contributed by atoms with Crippen molar-refractivity contribution in [2.24, 2.45) is 0 Å². The molecule has 0 aliphatic heterocycles. The third kappa shape index (κ3) is 4.93. The molecule has 30 heavy (non-hydrogen) atoms. The van der Waals surface area contributed by atoms with E-state index in [9.17, 15) is 4.79 Å². The summed E-state index contributed by atoms with van der Waals surface area (Å²) in [5, 5.41) is 0.789. The van der Waals surface area contributed by atoms with E-state index < -0.39 is 0 Å². The van der Waals surface area contributed by atoms with Crippen molar-refractivity contribution in [2.75, 3.05) is 19.7 Å². The lowest BCUT2D eigenvalue weighted by atomic mass is 10.2. The standard InChI is InChI=1S/C24H33N3O2S/c1-6-26(7-2)16-21-25-23-22(18(4)19(5)30-23)24(28)27(21)14-10-11-15-29-20-13-9-8-12-17(20)3/h8-9,12-13H,6-7,10-11,14-16H2,1-5H3. The second-order valence-corrected chi connectivity index (χ2v) is 8.93. The minimum atomic E-state index is 0.101. The molecule has 0 unspecified atom stereocenters. The van der Waals surface area contributed by atoms with Crippen LogP contribution in [0.2, 0.25) is 0 Å². The van der Waals surface area contributed by atoms with E-state index in [2.05, 4.69) is 38.7 Å². The molecule has 0 amide bonds. The number of hydrogen-bond donors (Lipinski definition) is 0. The maximum absolute atomic E-state index is 13.4. The Balaban J connectivity index is 1.76. The van der Waals surface area contributed by atoms with Gasteiger partial charge in [-0.2, -0.15) is 0 Å². The molecule has 0 atom stereocenters. The summed E-state index contributed by atoms with van der Waals surface area (Å²) in [7, 11) is 0. The lowest BCUT2D eigenvalue weighted by Crippen LogP contribution is -2.31. The predicted octanol–water partition coefficient (Wildman–Crippen LogP) is 5.08. The maximum Gasteiger partial charge on any atom is 0.262 e. The van der Waals surface area contributed by atoms with Crippen molar-refractivity contribution in [3.63, 3.8) is 0 Å². The molecule has 1 aromatic carbocycles. The van der Waals surface area contributed by atoms with Crippen molar-refractivity contribution in [3.8, 4) is 5.75 Å². The van der Waals surface area contributed by atoms with Crippen LogP contribution in [0, 0.1) is 20.8 Å². The first kappa shape index (κ1) is 22.5. The van der Waals surface area contributed by atoms with Crippen molar-refractivity contribution in [1.82, 2.24) is 14.5 Å². The van der Waals surface area contributed by atoms with Gasteiger partial charge in [-0.05, 0) is 63.9 Å². The highest BCUT2D eigenvalue weighted by atomic mass is 32.1. The first-order valence-electron chi connectivity index (χ1n) is 10.9. The summed E-state index contributed by atoms with van der Waals surface area (Å²) in [6.07, 6.45) is 1.78. The number of aryl methyl sites for hydroxylation is 3. The Morgan fingerprint density at radius 3 is 2.53 bits per heavy atom. The molecular weight excluding hydrogens is 394 g/mol. The fourth-order valence-electron chi connectivity index (χ4n) is 3.64. The molecule has 0 radical (unpaired) electrons. The summed E-state index contributed by atoms with van der Waals surface area (Å²) in [4.78, 5) is 22.6. The van der Waals surface area contributed by atoms with Crippen LogP contribution in [0.4, 0.5) is 0 Å². The molecule has 5 nitrogen and oxygen atoms in total. The topological polar surface area (TPSA) is 47.4 Å². The first-order valence-corrected chi connectivity index (χ1v) is 11.7. The molecule has 2 heterocycles. The molecule has 0 saturated carbocycles. The molecule has 0 bridgehead atoms. The summed E-state index contributed by atoms with van der Waals surface area (Å²) >= 11 is 1.63. The fourth-order valence-corrected chi connectivity index (χ4v) is 4.68. The van der Waals surface area contributed by atoms with Crippen molar-refractivity contribution >= 4 is 21.6 Å². The van der Waals surface area contributed by atoms with Gasteiger partial charge >= 0.3 is 0 Å². The second kappa shape index (κ2) is 10.2. The van der Waals surface area contributed by atoms with Crippen LogP contribution in [0.3, 0.4) is 0 Å². The zero-order valence-electron chi connectivity index (χ0n) is 18.8. The molecule has 0 fully saturated rings. The van der Waals surface area contributed by atoms with Crippen LogP contribution in [0.15, 0.2) is 29.1 Å². The number of nitrogens with zero attached hydrogens (tertiary/aromatic N) is 3. The zero-order chi connectivity index (χ0) is 21.7. The number of para-hydroxylation sites is 1. The third-order valence-corrected chi connectivity index (χ3v) is 6.86. The van der Waals surface area contributed by atoms with Crippen LogP contribution >= 0.6 is 11.3 Å². The van der Waals surface area contributed by atoms with Crippen molar-refractivity contribution in [2.45, 2.75) is 60.5 Å². The highest BCUT2D eigenvalue weighted by Crippen LogP contribution is 2.26. The predicted molar refractivity (Wildman–Crippen MR) is 126 cm³/mol. The lowest BCUT2D eigenvalue weighted by molar-refractivity contribution is 0.277. The van der Waals surface area contributed by atoms with Gasteiger partial charge in [-0.15, -0.1) is 11.3 Å². The van der Waals surface area contributed by atoms with Crippen LogP contribution in [0.25, 0.3) is 10.2 Å². The van der Waals surface area contributed by atoms with Gasteiger partial charge in [0.2, 0.25) is 0 Å². The third-order valence-electron chi connectivity index (χ3n) is 5.75. The van der Waals surface area contributed by atoms with Gasteiger partial charge in [0.15, 0.2) is 0 Å². The van der Waals surface area contributed by atoms with Crippen molar-refractivity contribution < 1.29 is 4.74 Å². The average Bonchev–Trinajstić information content (AvgIpc) is 3.02. The number of fused-ring (bicyclic) bond motifs is 1. The molecule has 162 valence electrons. The summed E-state index contributed by atoms with van der Waals surface area (Å²) in [5.74, 6) is 1.81. The van der Waals surface area contributed by atoms with Crippen molar-refractivity contribution in [3.05, 3.63) is 56.4 Å². The number of aromatic nitrogens is 2. The average molecular weight is 428 g/mol. The fraction of sp³-hybridized carbons (Fsp3) is 0.500. The highest BCUT2D eigenvalue weighted by Gasteiger charge is 2.17. The van der Waals surface area contributed by atoms with E-state index in [4.69, 9.17) is 9.72 Å². The quantitative estimate of drug-likeness (QED) is 0.423. The highest BCUT2D eigenvalue weighted by molar-refractivity contribution is 7.18. The SMILES string of the molecule is CCN(CC)Cc1nc2sc(C)c(C)c2c(=O)n1CCCCOc1ccccc1C. The zero-order valence-corrected chi connectivity index (χ0v) is 19.6. The normalized spacial score (nSPS) is 11.5. The molecule has 3 aromatic rings. The Kier molecular flexibility index (Phi) is 7.67. The van der Waals surface area contributed by atoms with Crippen molar-refractivity contribution in [1.29, 1.82) is 0 Å². The van der Waals surface area contributed by atoms with Gasteiger partial charge in [0.1, 0.15) is 16.4 Å². The van der Waals surface area contributed by atoms with Gasteiger partial charge in [0.05, 0.1) is 18.5 Å². The summed E-state index contributed by atoms with van der Waals surface area (Å²) < 4.78 is 7.81. The Morgan fingerprint density at radius 2 is 1.83 bits per heavy atom. The number of rotatable bonds is 10. The minimum Gasteiger partial charge on any atom is -0.493 e. The van der Waals surface area contributed by atoms with Crippen LogP contribution < -0.4 is 10.3 Å². The van der Waals surface area contributed by atoms with Gasteiger partial charge in [-0.3, -0.25) is 14.3 Å². The summed E-state index contributed by atoms with van der Waals surface area (Å²) in [6.45, 7) is 14.4. The number of ether oxygens (including phenoxy) is 1. The Bertz CT molecular complexity index is 1050. The molecular formula is C24H33N3O2S. The van der Waals surface area contributed by atoms with Crippen LogP contribution in [-0.4, -0.2) is 34.1 Å². The monoisotopic (exact) mass is 427 g/mol. The van der Waals surface area contributed by atoms with E-state index in [1.54, 1.807) is 11.3 Å². The van der Waals surface area contributed by atoms with E-state index in [0.717, 1.165) is 58.8 Å². The molecule has 0 aliphatic rings. The van der Waals surface area contributed by atoms with Gasteiger partial charge < -0.3 is 4.74 Å². The Labute approximate surface area is 183 Å². The lowest BCUT2D eigenvalue weighted by Gasteiger charge is -2.20. The van der Waals surface area contributed by atoms with E-state index in [0.29, 0.717) is 19.7 Å². The van der Waals surface area contributed by atoms with Crippen LogP contribution in [0.5, 0.6) is 5.75 Å². The van der Waals surface area contributed by atoms with Gasteiger partial charge in [-0.25, -0.2) is 4.98 Å². The van der Waals surface area contributed by atoms with E-state index in [-0.39, 0.29) is 5.56 Å². The van der Waals surface area contributed by atoms with Crippen LogP contribution in [-0.2, 0) is 13.1 Å². The molecule has 0 spiro atoms. The van der Waals surface area contributed by atoms with Gasteiger partial charge in [0.25, 0.3) is 5.56 Å². The summed E-state index contributed by atoms with van der Waals surface area (Å²) in [5.41, 5.74) is 2.32. The molecule has 2 aromatic heterocycles. The molecule has 0 aliphatic carbocycles. The largest absolute Gasteiger partial charge is 0.493 e. The number of unbranched alkanes of at least 4 members (excludes halogenated alkanes) is 1. The minimum absolute atomic E-state index is 0.101. The second-order valence-electron chi connectivity index (χ2n) is 7.73. The molecule has 6 heteroatoms. The number of hydrogen-bond acceptors (Lipinski definition) is 5. The Hall–Kier alpha value is -2.18. The molecule has 0 saturated heterocycles. The smallest absolute Gasteiger partial charge is 0.262 e. The number of benzene rings is 1. The molecule has 3 rings (SSSR count). The van der Waals surface area contributed by atoms with Gasteiger partial charge in [0, 0.05) is 11.4 Å². The first-order chi connectivity index (χ1) is 14.5. The van der Waals surface area contributed by atoms with E-state index in [1.165, 1.54) is 4.88 Å². The Morgan fingerprint density at radius 1 is 1.10 bits per heavy atom. The number of thiophene rings is 1. The maximum atomic E-state index is 13.4. The van der Waals surface area contributed by atoms with Gasteiger partial charge in [-0.1, -0.05) is 32.0 Å². The van der Waals surface area contributed by atoms with E-state index in [1.807, 2.05) is 29.7 Å². The summed E-state index contributed by atoms with van der Waals surface area (Å²) in [6, 6.07) is 8.07. The van der Waals surface area contributed by atoms with Crippen LogP contribution in [0.1, 0.15) is 48.5 Å².